The van der Waals surface area contributed by atoms with Gasteiger partial charge < -0.3 is 10.2 Å². The van der Waals surface area contributed by atoms with Crippen LogP contribution in [0.1, 0.15) is 129 Å². The van der Waals surface area contributed by atoms with E-state index in [1.54, 1.807) is 0 Å². The van der Waals surface area contributed by atoms with E-state index >= 15 is 0 Å². The van der Waals surface area contributed by atoms with Crippen molar-refractivity contribution < 1.29 is 40.3 Å². The van der Waals surface area contributed by atoms with Crippen LogP contribution in [0.2, 0.25) is 0 Å². The molecule has 2 saturated carbocycles. The molecule has 0 aliphatic heterocycles. The van der Waals surface area contributed by atoms with Crippen molar-refractivity contribution in [3.63, 3.8) is 0 Å². The lowest BCUT2D eigenvalue weighted by Gasteiger charge is -2.41. The number of carbonyl (C=O) groups is 2. The highest BCUT2D eigenvalue weighted by Gasteiger charge is 2.58. The van der Waals surface area contributed by atoms with Gasteiger partial charge in [-0.05, 0) is 62.7 Å². The highest BCUT2D eigenvalue weighted by atomic mass is 17.2. The summed E-state index contributed by atoms with van der Waals surface area (Å²) < 4.78 is 0. The quantitative estimate of drug-likeness (QED) is 0.0303. The van der Waals surface area contributed by atoms with Crippen LogP contribution in [-0.2, 0) is 19.6 Å². The van der Waals surface area contributed by atoms with Gasteiger partial charge in [0, 0.05) is 18.0 Å². The van der Waals surface area contributed by atoms with Crippen molar-refractivity contribution in [1.82, 2.24) is 11.0 Å². The molecule has 0 aromatic heterocycles. The predicted molar refractivity (Wildman–Crippen MR) is 157 cm³/mol. The topological polar surface area (TPSA) is 158 Å². The van der Waals surface area contributed by atoms with Crippen LogP contribution < -0.4 is 11.0 Å². The Kier molecular flexibility index (Phi) is 17.0. The summed E-state index contributed by atoms with van der Waals surface area (Å²) in [4.78, 5) is 31.5. The Morgan fingerprint density at radius 2 is 1.34 bits per heavy atom. The lowest BCUT2D eigenvalue weighted by Crippen LogP contribution is -2.47. The van der Waals surface area contributed by atoms with Crippen molar-refractivity contribution in [3.8, 4) is 0 Å². The lowest BCUT2D eigenvalue weighted by atomic mass is 9.65. The maximum Gasteiger partial charge on any atom is 0.311 e. The molecule has 2 aliphatic carbocycles. The zero-order chi connectivity index (χ0) is 30.1. The number of hydroxylamine groups is 2. The van der Waals surface area contributed by atoms with E-state index in [2.05, 4.69) is 27.9 Å². The van der Waals surface area contributed by atoms with Crippen molar-refractivity contribution >= 4 is 11.9 Å². The number of carboxylic acid groups (broad SMARTS) is 2. The number of fused-ring (bicyclic) bond motifs is 1. The molecule has 0 bridgehead atoms. The summed E-state index contributed by atoms with van der Waals surface area (Å²) in [6, 6.07) is -0.0687. The molecule has 5 unspecified atom stereocenters. The smallest absolute Gasteiger partial charge is 0.311 e. The van der Waals surface area contributed by atoms with Crippen LogP contribution in [0.15, 0.2) is 12.2 Å². The van der Waals surface area contributed by atoms with Crippen LogP contribution in [-0.4, -0.2) is 44.7 Å². The molecule has 0 radical (unpaired) electrons. The molecule has 2 fully saturated rings. The van der Waals surface area contributed by atoms with Crippen LogP contribution in [0, 0.1) is 29.1 Å². The summed E-state index contributed by atoms with van der Waals surface area (Å²) in [5.74, 6) is -3.59. The van der Waals surface area contributed by atoms with Crippen LogP contribution in [0.4, 0.5) is 0 Å². The number of unbranched alkanes of at least 4 members (excludes halogenated alkanes) is 10. The summed E-state index contributed by atoms with van der Waals surface area (Å²) in [5, 5.41) is 36.9. The molecular formula is C31H56N2O8. The summed E-state index contributed by atoms with van der Waals surface area (Å²) in [6.07, 6.45) is 23.5. The van der Waals surface area contributed by atoms with Crippen molar-refractivity contribution in [2.75, 3.05) is 0 Å². The molecule has 6 N–H and O–H groups in total. The first-order valence-electron chi connectivity index (χ1n) is 16.1. The highest BCUT2D eigenvalue weighted by Crippen LogP contribution is 2.60. The number of rotatable bonds is 24. The van der Waals surface area contributed by atoms with Crippen LogP contribution in [0.25, 0.3) is 0 Å². The van der Waals surface area contributed by atoms with Crippen LogP contribution in [0.5, 0.6) is 0 Å². The number of hydrogen-bond acceptors (Lipinski definition) is 8. The fourth-order valence-corrected chi connectivity index (χ4v) is 7.76. The summed E-state index contributed by atoms with van der Waals surface area (Å²) >= 11 is 0. The molecule has 0 heterocycles. The van der Waals surface area contributed by atoms with Gasteiger partial charge in [0.25, 0.3) is 0 Å². The minimum atomic E-state index is -1.12. The van der Waals surface area contributed by atoms with Gasteiger partial charge in [-0.1, -0.05) is 90.2 Å². The third-order valence-corrected chi connectivity index (χ3v) is 9.98. The number of aliphatic carboxylic acids is 2. The fourth-order valence-electron chi connectivity index (χ4n) is 7.76. The van der Waals surface area contributed by atoms with Gasteiger partial charge in [-0.25, -0.2) is 10.5 Å². The first kappa shape index (κ1) is 35.6. The molecule has 5 atom stereocenters. The Morgan fingerprint density at radius 3 is 1.83 bits per heavy atom. The Morgan fingerprint density at radius 1 is 0.829 bits per heavy atom. The third kappa shape index (κ3) is 10.9. The van der Waals surface area contributed by atoms with Crippen LogP contribution >= 0.6 is 0 Å². The SMILES string of the molecule is CCCCCCCCCCCC(CCCCC=CC(C(=O)O)C(C)C(=O)O)C12CCC(NOO)C1C(NOO)CC2. The zero-order valence-corrected chi connectivity index (χ0v) is 25.3. The van der Waals surface area contributed by atoms with E-state index in [1.807, 2.05) is 6.08 Å². The molecule has 238 valence electrons. The van der Waals surface area contributed by atoms with E-state index in [0.29, 0.717) is 12.3 Å². The molecule has 41 heavy (non-hydrogen) atoms. The van der Waals surface area contributed by atoms with E-state index in [1.165, 1.54) is 70.8 Å². The van der Waals surface area contributed by atoms with E-state index in [-0.39, 0.29) is 23.4 Å². The van der Waals surface area contributed by atoms with E-state index in [0.717, 1.165) is 51.4 Å². The molecule has 0 saturated heterocycles. The number of hydrogen-bond donors (Lipinski definition) is 6. The van der Waals surface area contributed by atoms with Gasteiger partial charge in [0.2, 0.25) is 0 Å². The molecule has 0 spiro atoms. The standard InChI is InChI=1S/C31H56N2O8/c1-3-4-5-6-7-8-9-10-13-16-24(17-14-11-12-15-18-25(30(36)37)23(2)29(34)35)31-21-19-26(32-40-38)28(31)27(20-22-31)33-41-39/h15,18,23-28,32-33,38-39H,3-14,16-17,19-22H2,1-2H3,(H,34,35)(H,36,37). The minimum Gasteiger partial charge on any atom is -0.481 e. The predicted octanol–water partition coefficient (Wildman–Crippen LogP) is 6.98. The van der Waals surface area contributed by atoms with Crippen molar-refractivity contribution in [2.45, 2.75) is 142 Å². The largest absolute Gasteiger partial charge is 0.481 e. The average molecular weight is 585 g/mol. The van der Waals surface area contributed by atoms with E-state index in [9.17, 15) is 19.8 Å². The molecule has 0 amide bonds. The molecule has 2 aliphatic rings. The van der Waals surface area contributed by atoms with Gasteiger partial charge >= 0.3 is 11.9 Å². The summed E-state index contributed by atoms with van der Waals surface area (Å²) in [7, 11) is 0. The summed E-state index contributed by atoms with van der Waals surface area (Å²) in [6.45, 7) is 3.67. The number of nitrogens with one attached hydrogen (secondary N) is 2. The second-order valence-corrected chi connectivity index (χ2v) is 12.5. The van der Waals surface area contributed by atoms with Gasteiger partial charge in [0.1, 0.15) is 0 Å². The Balaban J connectivity index is 1.98. The monoisotopic (exact) mass is 584 g/mol. The van der Waals surface area contributed by atoms with Crippen molar-refractivity contribution in [2.24, 2.45) is 29.1 Å². The van der Waals surface area contributed by atoms with E-state index < -0.39 is 23.8 Å². The molecule has 0 aromatic carbocycles. The van der Waals surface area contributed by atoms with Gasteiger partial charge in [-0.2, -0.15) is 11.0 Å². The van der Waals surface area contributed by atoms with Crippen molar-refractivity contribution in [3.05, 3.63) is 12.2 Å². The van der Waals surface area contributed by atoms with Crippen molar-refractivity contribution in [1.29, 1.82) is 0 Å². The molecule has 10 heteroatoms. The Bertz CT molecular complexity index is 761. The van der Waals surface area contributed by atoms with Gasteiger partial charge in [-0.15, -0.1) is 9.98 Å². The molecule has 0 aromatic rings. The average Bonchev–Trinajstić information content (AvgIpc) is 3.49. The molecular weight excluding hydrogens is 528 g/mol. The van der Waals surface area contributed by atoms with Gasteiger partial charge in [0.05, 0.1) is 11.8 Å². The first-order valence-corrected chi connectivity index (χ1v) is 16.1. The number of carboxylic acids is 2. The minimum absolute atomic E-state index is 0.0344. The fraction of sp³-hybridized carbons (Fsp3) is 0.871. The Labute approximate surface area is 246 Å². The molecule has 10 nitrogen and oxygen atoms in total. The lowest BCUT2D eigenvalue weighted by molar-refractivity contribution is -0.312. The zero-order valence-electron chi connectivity index (χ0n) is 25.3. The maximum absolute atomic E-state index is 11.5. The van der Waals surface area contributed by atoms with E-state index in [4.69, 9.17) is 10.5 Å². The highest BCUT2D eigenvalue weighted by molar-refractivity contribution is 5.81. The number of allylic oxidation sites excluding steroid dienone is 1. The summed E-state index contributed by atoms with van der Waals surface area (Å²) in [5.41, 5.74) is 5.64. The maximum atomic E-state index is 11.5. The van der Waals surface area contributed by atoms with Gasteiger partial charge in [0.15, 0.2) is 0 Å². The Hall–Kier alpha value is -1.56. The third-order valence-electron chi connectivity index (χ3n) is 9.98. The normalized spacial score (nSPS) is 26.3. The van der Waals surface area contributed by atoms with Gasteiger partial charge in [-0.3, -0.25) is 9.59 Å². The second-order valence-electron chi connectivity index (χ2n) is 12.5. The first-order chi connectivity index (χ1) is 19.8. The molecule has 2 rings (SSSR count). The second kappa shape index (κ2) is 19.6. The van der Waals surface area contributed by atoms with Crippen LogP contribution in [0.3, 0.4) is 0 Å².